The molecule has 0 bridgehead atoms. The number of thioether (sulfide) groups is 1. The summed E-state index contributed by atoms with van der Waals surface area (Å²) in [6.07, 6.45) is 0. The summed E-state index contributed by atoms with van der Waals surface area (Å²) in [5.41, 5.74) is 6.85. The van der Waals surface area contributed by atoms with E-state index >= 15 is 0 Å². The fourth-order valence-electron chi connectivity index (χ4n) is 3.16. The van der Waals surface area contributed by atoms with Crippen LogP contribution in [-0.4, -0.2) is 33.4 Å². The number of aromatic nitrogens is 2. The molecule has 0 radical (unpaired) electrons. The Kier molecular flexibility index (Phi) is 7.86. The zero-order valence-electron chi connectivity index (χ0n) is 18.4. The molecule has 178 valence electrons. The van der Waals surface area contributed by atoms with Crippen molar-refractivity contribution in [3.8, 4) is 11.4 Å². The number of halogens is 1. The van der Waals surface area contributed by atoms with Gasteiger partial charge in [-0.25, -0.2) is 4.98 Å². The molecule has 0 aliphatic rings. The molecule has 0 saturated carbocycles. The van der Waals surface area contributed by atoms with E-state index in [4.69, 9.17) is 28.6 Å². The molecule has 35 heavy (non-hydrogen) atoms. The molecule has 3 aromatic carbocycles. The number of carbonyl (C=O) groups is 1. The summed E-state index contributed by atoms with van der Waals surface area (Å²) in [5.74, 6) is 0.314. The van der Waals surface area contributed by atoms with E-state index in [0.717, 1.165) is 17.4 Å². The Balaban J connectivity index is 1.47. The third-order valence-electron chi connectivity index (χ3n) is 4.83. The highest BCUT2D eigenvalue weighted by molar-refractivity contribution is 7.99. The summed E-state index contributed by atoms with van der Waals surface area (Å²) >= 11 is 12.2. The van der Waals surface area contributed by atoms with Crippen LogP contribution in [0.2, 0.25) is 5.02 Å². The van der Waals surface area contributed by atoms with Crippen molar-refractivity contribution in [3.05, 3.63) is 88.2 Å². The SMILES string of the molecule is COc1ccc(-n2c(SCC(=O)NNC(=S)Nc3ccc(Cl)cc3)nc3ccccc3c2=O)cc1. The Hall–Kier alpha value is -3.60. The number of hydrogen-bond donors (Lipinski definition) is 3. The lowest BCUT2D eigenvalue weighted by molar-refractivity contribution is -0.119. The van der Waals surface area contributed by atoms with Crippen LogP contribution in [0.3, 0.4) is 0 Å². The van der Waals surface area contributed by atoms with Gasteiger partial charge in [0.15, 0.2) is 10.3 Å². The molecule has 8 nitrogen and oxygen atoms in total. The predicted octanol–water partition coefficient (Wildman–Crippen LogP) is 4.16. The molecule has 11 heteroatoms. The first-order valence-electron chi connectivity index (χ1n) is 10.3. The van der Waals surface area contributed by atoms with Crippen LogP contribution in [0.25, 0.3) is 16.6 Å². The molecule has 1 amide bonds. The van der Waals surface area contributed by atoms with Crippen LogP contribution in [0, 0.1) is 0 Å². The normalized spacial score (nSPS) is 10.6. The maximum absolute atomic E-state index is 13.3. The Morgan fingerprint density at radius 2 is 1.77 bits per heavy atom. The summed E-state index contributed by atoms with van der Waals surface area (Å²) < 4.78 is 6.70. The molecule has 1 heterocycles. The smallest absolute Gasteiger partial charge is 0.266 e. The van der Waals surface area contributed by atoms with Crippen molar-refractivity contribution in [2.75, 3.05) is 18.2 Å². The van der Waals surface area contributed by atoms with Gasteiger partial charge in [-0.3, -0.25) is 25.0 Å². The molecule has 0 fully saturated rings. The molecule has 4 aromatic rings. The number of thiocarbonyl (C=S) groups is 1. The first kappa shape index (κ1) is 24.5. The standard InChI is InChI=1S/C24H20ClN5O3S2/c1-33-18-12-10-17(11-13-18)30-22(32)19-4-2-3-5-20(19)27-24(30)35-14-21(31)28-29-23(34)26-16-8-6-15(25)7-9-16/h2-13H,14H2,1H3,(H,28,31)(H2,26,29,34). The number of amides is 1. The van der Waals surface area contributed by atoms with Gasteiger partial charge in [0, 0.05) is 10.7 Å². The van der Waals surface area contributed by atoms with Crippen LogP contribution in [0.5, 0.6) is 5.75 Å². The molecule has 0 spiro atoms. The van der Waals surface area contributed by atoms with Crippen molar-refractivity contribution in [1.82, 2.24) is 20.4 Å². The van der Waals surface area contributed by atoms with Gasteiger partial charge in [-0.2, -0.15) is 0 Å². The molecule has 0 saturated heterocycles. The van der Waals surface area contributed by atoms with E-state index in [0.29, 0.717) is 32.5 Å². The van der Waals surface area contributed by atoms with E-state index in [1.54, 1.807) is 73.8 Å². The zero-order chi connectivity index (χ0) is 24.8. The van der Waals surface area contributed by atoms with E-state index in [-0.39, 0.29) is 22.3 Å². The Morgan fingerprint density at radius 1 is 1.06 bits per heavy atom. The lowest BCUT2D eigenvalue weighted by Gasteiger charge is -2.14. The summed E-state index contributed by atoms with van der Waals surface area (Å²) in [6, 6.07) is 21.1. The molecule has 3 N–H and O–H groups in total. The summed E-state index contributed by atoms with van der Waals surface area (Å²) in [6.45, 7) is 0. The minimum Gasteiger partial charge on any atom is -0.497 e. The fraction of sp³-hybridized carbons (Fsp3) is 0.0833. The Morgan fingerprint density at radius 3 is 2.49 bits per heavy atom. The van der Waals surface area contributed by atoms with Crippen LogP contribution in [0.1, 0.15) is 0 Å². The van der Waals surface area contributed by atoms with Crippen molar-refractivity contribution in [1.29, 1.82) is 0 Å². The molecule has 0 unspecified atom stereocenters. The molecule has 0 aliphatic heterocycles. The van der Waals surface area contributed by atoms with E-state index < -0.39 is 0 Å². The van der Waals surface area contributed by atoms with Gasteiger partial charge in [-0.1, -0.05) is 35.5 Å². The van der Waals surface area contributed by atoms with Gasteiger partial charge in [0.25, 0.3) is 5.56 Å². The highest BCUT2D eigenvalue weighted by Crippen LogP contribution is 2.22. The van der Waals surface area contributed by atoms with Crippen LogP contribution >= 0.6 is 35.6 Å². The van der Waals surface area contributed by atoms with Crippen molar-refractivity contribution in [2.24, 2.45) is 0 Å². The van der Waals surface area contributed by atoms with Gasteiger partial charge >= 0.3 is 0 Å². The Bertz CT molecular complexity index is 1430. The minimum atomic E-state index is -0.348. The second-order valence-electron chi connectivity index (χ2n) is 7.17. The molecule has 0 aliphatic carbocycles. The number of anilines is 1. The average molecular weight is 526 g/mol. The number of fused-ring (bicyclic) bond motifs is 1. The maximum atomic E-state index is 13.3. The van der Waals surface area contributed by atoms with E-state index in [1.807, 2.05) is 6.07 Å². The average Bonchev–Trinajstić information content (AvgIpc) is 2.88. The largest absolute Gasteiger partial charge is 0.497 e. The topological polar surface area (TPSA) is 97.3 Å². The molecule has 0 atom stereocenters. The van der Waals surface area contributed by atoms with Gasteiger partial charge in [0.2, 0.25) is 5.91 Å². The third-order valence-corrected chi connectivity index (χ3v) is 6.22. The van der Waals surface area contributed by atoms with Crippen LogP contribution in [0.4, 0.5) is 5.69 Å². The van der Waals surface area contributed by atoms with Crippen LogP contribution in [-0.2, 0) is 4.79 Å². The molecular formula is C24H20ClN5O3S2. The zero-order valence-corrected chi connectivity index (χ0v) is 20.8. The van der Waals surface area contributed by atoms with Gasteiger partial charge < -0.3 is 10.1 Å². The highest BCUT2D eigenvalue weighted by Gasteiger charge is 2.15. The molecular weight excluding hydrogens is 506 g/mol. The highest BCUT2D eigenvalue weighted by atomic mass is 35.5. The predicted molar refractivity (Wildman–Crippen MR) is 144 cm³/mol. The number of rotatable bonds is 6. The van der Waals surface area contributed by atoms with Gasteiger partial charge in [0.1, 0.15) is 5.75 Å². The van der Waals surface area contributed by atoms with E-state index in [9.17, 15) is 9.59 Å². The van der Waals surface area contributed by atoms with Crippen molar-refractivity contribution >= 4 is 63.2 Å². The number of hydrazine groups is 1. The third kappa shape index (κ3) is 6.10. The van der Waals surface area contributed by atoms with Crippen molar-refractivity contribution < 1.29 is 9.53 Å². The van der Waals surface area contributed by atoms with E-state index in [2.05, 4.69) is 21.2 Å². The number of hydrogen-bond acceptors (Lipinski definition) is 6. The number of methoxy groups -OCH3 is 1. The maximum Gasteiger partial charge on any atom is 0.266 e. The number of nitrogens with one attached hydrogen (secondary N) is 3. The monoisotopic (exact) mass is 525 g/mol. The number of para-hydroxylation sites is 1. The summed E-state index contributed by atoms with van der Waals surface area (Å²) in [4.78, 5) is 30.4. The van der Waals surface area contributed by atoms with Gasteiger partial charge in [-0.05, 0) is 72.9 Å². The van der Waals surface area contributed by atoms with E-state index in [1.165, 1.54) is 4.57 Å². The Labute approximate surface area is 215 Å². The van der Waals surface area contributed by atoms with Crippen molar-refractivity contribution in [2.45, 2.75) is 5.16 Å². The molecule has 4 rings (SSSR count). The minimum absolute atomic E-state index is 0.00249. The summed E-state index contributed by atoms with van der Waals surface area (Å²) in [5, 5.41) is 4.63. The summed E-state index contributed by atoms with van der Waals surface area (Å²) in [7, 11) is 1.57. The first-order chi connectivity index (χ1) is 16.9. The second-order valence-corrected chi connectivity index (χ2v) is 8.96. The number of benzene rings is 3. The lowest BCUT2D eigenvalue weighted by Crippen LogP contribution is -2.44. The van der Waals surface area contributed by atoms with Crippen molar-refractivity contribution in [3.63, 3.8) is 0 Å². The van der Waals surface area contributed by atoms with Crippen LogP contribution in [0.15, 0.2) is 82.7 Å². The first-order valence-corrected chi connectivity index (χ1v) is 12.1. The second kappa shape index (κ2) is 11.2. The lowest BCUT2D eigenvalue weighted by atomic mass is 10.2. The van der Waals surface area contributed by atoms with Gasteiger partial charge in [0.05, 0.1) is 29.5 Å². The number of carbonyl (C=O) groups excluding carboxylic acids is 1. The molecule has 1 aromatic heterocycles. The van der Waals surface area contributed by atoms with Crippen LogP contribution < -0.4 is 26.5 Å². The number of nitrogens with zero attached hydrogens (tertiary/aromatic N) is 2. The number of ether oxygens (including phenoxy) is 1. The van der Waals surface area contributed by atoms with Gasteiger partial charge in [-0.15, -0.1) is 0 Å². The quantitative estimate of drug-likeness (QED) is 0.149. The fourth-order valence-corrected chi connectivity index (χ4v) is 4.26.